The summed E-state index contributed by atoms with van der Waals surface area (Å²) in [6, 6.07) is 10.2. The Morgan fingerprint density at radius 2 is 2.17 bits per heavy atom. The predicted octanol–water partition coefficient (Wildman–Crippen LogP) is 3.31. The monoisotopic (exact) mass is 347 g/mol. The summed E-state index contributed by atoms with van der Waals surface area (Å²) in [6.45, 7) is 6.68. The Kier molecular flexibility index (Phi) is 5.09. The van der Waals surface area contributed by atoms with Crippen molar-refractivity contribution in [1.82, 2.24) is 10.1 Å². The van der Waals surface area contributed by atoms with Crippen molar-refractivity contribution in [3.63, 3.8) is 0 Å². The van der Waals surface area contributed by atoms with Gasteiger partial charge in [0.15, 0.2) is 5.15 Å². The molecule has 0 aliphatic carbocycles. The molecule has 1 fully saturated rings. The summed E-state index contributed by atoms with van der Waals surface area (Å²) in [5.41, 5.74) is 2.53. The lowest BCUT2D eigenvalue weighted by molar-refractivity contribution is -0.133. The molecular weight excluding hydrogens is 326 g/mol. The molecule has 2 aromatic rings. The molecule has 1 aromatic carbocycles. The second-order valence-corrected chi connectivity index (χ2v) is 6.67. The van der Waals surface area contributed by atoms with E-state index in [0.29, 0.717) is 23.8 Å². The Labute approximate surface area is 147 Å². The average molecular weight is 348 g/mol. The van der Waals surface area contributed by atoms with Gasteiger partial charge in [0.05, 0.1) is 0 Å². The normalized spacial score (nSPS) is 18.0. The summed E-state index contributed by atoms with van der Waals surface area (Å²) in [5, 5.41) is 3.96. The standard InChI is InChI=1S/C18H22ClN3O2/c1-13-5-3-4-6-16(13)21-9-10-22(14(2)12-21)18(23)8-7-15-11-17(19)20-24-15/h3-6,11,14H,7-10,12H2,1-2H3/t14-/m0/s1. The SMILES string of the molecule is Cc1ccccc1N1CCN(C(=O)CCc2cc(Cl)no2)[C@@H](C)C1. The van der Waals surface area contributed by atoms with Crippen molar-refractivity contribution in [2.45, 2.75) is 32.7 Å². The van der Waals surface area contributed by atoms with Crippen LogP contribution in [0.15, 0.2) is 34.9 Å². The fraction of sp³-hybridized carbons (Fsp3) is 0.444. The lowest BCUT2D eigenvalue weighted by Gasteiger charge is -2.41. The van der Waals surface area contributed by atoms with Gasteiger partial charge in [0, 0.05) is 50.3 Å². The minimum Gasteiger partial charge on any atom is -0.367 e. The predicted molar refractivity (Wildman–Crippen MR) is 94.4 cm³/mol. The molecule has 0 saturated carbocycles. The smallest absolute Gasteiger partial charge is 0.223 e. The number of hydrogen-bond acceptors (Lipinski definition) is 4. The number of benzene rings is 1. The number of hydrogen-bond donors (Lipinski definition) is 0. The van der Waals surface area contributed by atoms with Gasteiger partial charge >= 0.3 is 0 Å². The van der Waals surface area contributed by atoms with Gasteiger partial charge in [-0.3, -0.25) is 4.79 Å². The van der Waals surface area contributed by atoms with Crippen LogP contribution in [-0.2, 0) is 11.2 Å². The van der Waals surface area contributed by atoms with Crippen molar-refractivity contribution < 1.29 is 9.32 Å². The van der Waals surface area contributed by atoms with Gasteiger partial charge in [-0.05, 0) is 25.5 Å². The highest BCUT2D eigenvalue weighted by Crippen LogP contribution is 2.23. The van der Waals surface area contributed by atoms with Gasteiger partial charge in [0.2, 0.25) is 5.91 Å². The zero-order valence-corrected chi connectivity index (χ0v) is 14.8. The number of aryl methyl sites for hydroxylation is 2. The quantitative estimate of drug-likeness (QED) is 0.851. The van der Waals surface area contributed by atoms with E-state index < -0.39 is 0 Å². The fourth-order valence-corrected chi connectivity index (χ4v) is 3.40. The van der Waals surface area contributed by atoms with E-state index in [9.17, 15) is 4.79 Å². The van der Waals surface area contributed by atoms with E-state index in [2.05, 4.69) is 48.2 Å². The van der Waals surface area contributed by atoms with Crippen LogP contribution in [0.3, 0.4) is 0 Å². The Morgan fingerprint density at radius 3 is 2.83 bits per heavy atom. The molecule has 1 atom stereocenters. The topological polar surface area (TPSA) is 49.6 Å². The second-order valence-electron chi connectivity index (χ2n) is 6.28. The van der Waals surface area contributed by atoms with E-state index in [1.165, 1.54) is 11.3 Å². The third kappa shape index (κ3) is 3.73. The van der Waals surface area contributed by atoms with Crippen LogP contribution in [0.2, 0.25) is 5.15 Å². The average Bonchev–Trinajstić information content (AvgIpc) is 2.98. The highest BCUT2D eigenvalue weighted by molar-refractivity contribution is 6.29. The molecule has 1 aromatic heterocycles. The van der Waals surface area contributed by atoms with Crippen LogP contribution in [0, 0.1) is 6.92 Å². The first-order valence-corrected chi connectivity index (χ1v) is 8.63. The summed E-state index contributed by atoms with van der Waals surface area (Å²) in [7, 11) is 0. The van der Waals surface area contributed by atoms with E-state index in [4.69, 9.17) is 16.1 Å². The van der Waals surface area contributed by atoms with Crippen LogP contribution in [0.1, 0.15) is 24.7 Å². The first-order chi connectivity index (χ1) is 11.5. The minimum atomic E-state index is 0.152. The molecule has 0 unspecified atom stereocenters. The number of anilines is 1. The Hall–Kier alpha value is -2.01. The minimum absolute atomic E-state index is 0.152. The lowest BCUT2D eigenvalue weighted by Crippen LogP contribution is -2.54. The first kappa shape index (κ1) is 16.8. The molecule has 1 aliphatic rings. The maximum absolute atomic E-state index is 12.5. The Morgan fingerprint density at radius 1 is 1.38 bits per heavy atom. The summed E-state index contributed by atoms with van der Waals surface area (Å²) in [6.07, 6.45) is 0.948. The molecule has 3 rings (SSSR count). The number of carbonyl (C=O) groups excluding carboxylic acids is 1. The van der Waals surface area contributed by atoms with Crippen LogP contribution in [0.5, 0.6) is 0 Å². The van der Waals surface area contributed by atoms with Gasteiger partial charge in [-0.1, -0.05) is 35.0 Å². The van der Waals surface area contributed by atoms with Crippen molar-refractivity contribution >= 4 is 23.2 Å². The van der Waals surface area contributed by atoms with Crippen LogP contribution in [0.25, 0.3) is 0 Å². The fourth-order valence-electron chi connectivity index (χ4n) is 3.24. The van der Waals surface area contributed by atoms with Crippen molar-refractivity contribution in [1.29, 1.82) is 0 Å². The molecule has 5 nitrogen and oxygen atoms in total. The zero-order valence-electron chi connectivity index (χ0n) is 14.0. The molecule has 6 heteroatoms. The summed E-state index contributed by atoms with van der Waals surface area (Å²) in [5.74, 6) is 0.805. The molecule has 1 amide bonds. The molecule has 0 N–H and O–H groups in total. The van der Waals surface area contributed by atoms with E-state index in [0.717, 1.165) is 19.6 Å². The summed E-state index contributed by atoms with van der Waals surface area (Å²) in [4.78, 5) is 16.8. The number of amides is 1. The highest BCUT2D eigenvalue weighted by Gasteiger charge is 2.27. The van der Waals surface area contributed by atoms with E-state index in [-0.39, 0.29) is 11.9 Å². The molecule has 1 aliphatic heterocycles. The van der Waals surface area contributed by atoms with E-state index in [1.54, 1.807) is 6.07 Å². The maximum atomic E-state index is 12.5. The number of nitrogens with zero attached hydrogens (tertiary/aromatic N) is 3. The molecule has 128 valence electrons. The van der Waals surface area contributed by atoms with Gasteiger partial charge in [-0.2, -0.15) is 0 Å². The van der Waals surface area contributed by atoms with E-state index in [1.807, 2.05) is 4.90 Å². The number of para-hydroxylation sites is 1. The van der Waals surface area contributed by atoms with Gasteiger partial charge in [0.1, 0.15) is 5.76 Å². The molecule has 0 radical (unpaired) electrons. The first-order valence-electron chi connectivity index (χ1n) is 8.25. The molecule has 2 heterocycles. The van der Waals surface area contributed by atoms with Crippen LogP contribution in [-0.4, -0.2) is 41.6 Å². The number of carbonyl (C=O) groups is 1. The van der Waals surface area contributed by atoms with Crippen molar-refractivity contribution in [3.05, 3.63) is 46.8 Å². The Bertz CT molecular complexity index is 716. The summed E-state index contributed by atoms with van der Waals surface area (Å²) >= 11 is 5.73. The van der Waals surface area contributed by atoms with Crippen LogP contribution >= 0.6 is 11.6 Å². The highest BCUT2D eigenvalue weighted by atomic mass is 35.5. The summed E-state index contributed by atoms with van der Waals surface area (Å²) < 4.78 is 5.06. The second kappa shape index (κ2) is 7.26. The van der Waals surface area contributed by atoms with Crippen LogP contribution < -0.4 is 4.90 Å². The van der Waals surface area contributed by atoms with Gasteiger partial charge < -0.3 is 14.3 Å². The third-order valence-corrected chi connectivity index (χ3v) is 4.70. The van der Waals surface area contributed by atoms with Crippen molar-refractivity contribution in [3.8, 4) is 0 Å². The van der Waals surface area contributed by atoms with Crippen molar-refractivity contribution in [2.24, 2.45) is 0 Å². The molecule has 0 bridgehead atoms. The van der Waals surface area contributed by atoms with Gasteiger partial charge in [0.25, 0.3) is 0 Å². The number of aromatic nitrogens is 1. The Balaban J connectivity index is 1.57. The lowest BCUT2D eigenvalue weighted by atomic mass is 10.1. The number of rotatable bonds is 4. The van der Waals surface area contributed by atoms with E-state index >= 15 is 0 Å². The van der Waals surface area contributed by atoms with Crippen molar-refractivity contribution in [2.75, 3.05) is 24.5 Å². The largest absolute Gasteiger partial charge is 0.367 e. The van der Waals surface area contributed by atoms with Gasteiger partial charge in [-0.25, -0.2) is 0 Å². The molecule has 0 spiro atoms. The molecule has 1 saturated heterocycles. The van der Waals surface area contributed by atoms with Gasteiger partial charge in [-0.15, -0.1) is 0 Å². The molecule has 24 heavy (non-hydrogen) atoms. The number of piperazine rings is 1. The van der Waals surface area contributed by atoms with Crippen LogP contribution in [0.4, 0.5) is 5.69 Å². The molecular formula is C18H22ClN3O2. The maximum Gasteiger partial charge on any atom is 0.223 e. The third-order valence-electron chi connectivity index (χ3n) is 4.52. The zero-order chi connectivity index (χ0) is 17.1. The number of halogens is 1.